The van der Waals surface area contributed by atoms with Crippen LogP contribution in [0.4, 0.5) is 0 Å². The molecule has 0 fully saturated rings. The minimum atomic E-state index is 0.0861. The molecule has 1 aromatic carbocycles. The summed E-state index contributed by atoms with van der Waals surface area (Å²) in [4.78, 5) is 1.16. The van der Waals surface area contributed by atoms with E-state index in [0.29, 0.717) is 5.75 Å². The number of nitrogens with two attached hydrogens (primary N) is 1. The largest absolute Gasteiger partial charge is 0.508 e. The number of hydrogen-bond donors (Lipinski definition) is 2. The average Bonchev–Trinajstić information content (AvgIpc) is 2.08. The molecule has 0 aliphatic heterocycles. The molecule has 3 N–H and O–H groups in total. The van der Waals surface area contributed by atoms with E-state index in [0.717, 1.165) is 16.9 Å². The number of phenolic OH excluding ortho intramolecular Hbond substituents is 1. The molecule has 0 saturated heterocycles. The molecule has 0 aliphatic rings. The fourth-order valence-electron chi connectivity index (χ4n) is 1.20. The first-order chi connectivity index (χ1) is 6.13. The third-order valence-electron chi connectivity index (χ3n) is 1.83. The summed E-state index contributed by atoms with van der Waals surface area (Å²) in [7, 11) is 0. The number of phenols is 1. The Morgan fingerprint density at radius 3 is 2.77 bits per heavy atom. The van der Waals surface area contributed by atoms with Crippen LogP contribution < -0.4 is 5.73 Å². The summed E-state index contributed by atoms with van der Waals surface area (Å²) in [5, 5.41) is 9.51. The minimum Gasteiger partial charge on any atom is -0.508 e. The summed E-state index contributed by atoms with van der Waals surface area (Å²) in [6.07, 6.45) is 2.74. The number of thioether (sulfide) groups is 1. The molecule has 1 atom stereocenters. The topological polar surface area (TPSA) is 46.2 Å². The van der Waals surface area contributed by atoms with Gasteiger partial charge < -0.3 is 10.8 Å². The highest BCUT2D eigenvalue weighted by molar-refractivity contribution is 7.98. The lowest BCUT2D eigenvalue weighted by Crippen LogP contribution is -2.17. The van der Waals surface area contributed by atoms with Gasteiger partial charge in [0, 0.05) is 10.9 Å². The van der Waals surface area contributed by atoms with Crippen molar-refractivity contribution in [2.45, 2.75) is 24.3 Å². The van der Waals surface area contributed by atoms with E-state index in [1.54, 1.807) is 17.8 Å². The quantitative estimate of drug-likeness (QED) is 0.729. The maximum absolute atomic E-state index is 9.51. The Hall–Kier alpha value is -0.670. The second-order valence-corrected chi connectivity index (χ2v) is 4.06. The monoisotopic (exact) mass is 197 g/mol. The zero-order valence-corrected chi connectivity index (χ0v) is 8.77. The van der Waals surface area contributed by atoms with E-state index >= 15 is 0 Å². The first-order valence-corrected chi connectivity index (χ1v) is 5.47. The van der Waals surface area contributed by atoms with E-state index in [1.165, 1.54) is 0 Å². The van der Waals surface area contributed by atoms with Crippen molar-refractivity contribution in [1.29, 1.82) is 0 Å². The van der Waals surface area contributed by atoms with Gasteiger partial charge in [-0.05, 0) is 43.4 Å². The van der Waals surface area contributed by atoms with Crippen LogP contribution in [0, 0.1) is 0 Å². The SMILES string of the molecule is CSc1ccc(O)c(CC(C)N)c1. The summed E-state index contributed by atoms with van der Waals surface area (Å²) in [6, 6.07) is 5.71. The molecule has 0 aromatic heterocycles. The molecule has 3 heteroatoms. The third-order valence-corrected chi connectivity index (χ3v) is 2.55. The Kier molecular flexibility index (Phi) is 3.63. The van der Waals surface area contributed by atoms with Crippen molar-refractivity contribution in [3.05, 3.63) is 23.8 Å². The highest BCUT2D eigenvalue weighted by atomic mass is 32.2. The van der Waals surface area contributed by atoms with E-state index in [1.807, 2.05) is 25.3 Å². The van der Waals surface area contributed by atoms with E-state index in [2.05, 4.69) is 0 Å². The first kappa shape index (κ1) is 10.4. The third kappa shape index (κ3) is 2.94. The molecular formula is C10H15NOS. The van der Waals surface area contributed by atoms with Crippen LogP contribution in [0.15, 0.2) is 23.1 Å². The number of benzene rings is 1. The van der Waals surface area contributed by atoms with Gasteiger partial charge in [-0.2, -0.15) is 0 Å². The van der Waals surface area contributed by atoms with Crippen molar-refractivity contribution >= 4 is 11.8 Å². The smallest absolute Gasteiger partial charge is 0.118 e. The molecular weight excluding hydrogens is 182 g/mol. The van der Waals surface area contributed by atoms with Crippen LogP contribution in [-0.2, 0) is 6.42 Å². The Morgan fingerprint density at radius 1 is 1.54 bits per heavy atom. The van der Waals surface area contributed by atoms with Gasteiger partial charge in [-0.15, -0.1) is 11.8 Å². The molecule has 1 aromatic rings. The zero-order chi connectivity index (χ0) is 9.84. The molecule has 0 heterocycles. The van der Waals surface area contributed by atoms with Crippen molar-refractivity contribution in [3.8, 4) is 5.75 Å². The first-order valence-electron chi connectivity index (χ1n) is 4.25. The standard InChI is InChI=1S/C10H15NOS/c1-7(11)5-8-6-9(13-2)3-4-10(8)12/h3-4,6-7,12H,5,11H2,1-2H3. The zero-order valence-electron chi connectivity index (χ0n) is 7.95. The molecule has 2 nitrogen and oxygen atoms in total. The van der Waals surface area contributed by atoms with Crippen LogP contribution in [0.5, 0.6) is 5.75 Å². The van der Waals surface area contributed by atoms with Crippen LogP contribution >= 0.6 is 11.8 Å². The van der Waals surface area contributed by atoms with Gasteiger partial charge >= 0.3 is 0 Å². The number of rotatable bonds is 3. The molecule has 0 saturated carbocycles. The summed E-state index contributed by atoms with van der Waals surface area (Å²) in [5.74, 6) is 0.343. The van der Waals surface area contributed by atoms with Gasteiger partial charge in [0.2, 0.25) is 0 Å². The summed E-state index contributed by atoms with van der Waals surface area (Å²) < 4.78 is 0. The average molecular weight is 197 g/mol. The van der Waals surface area contributed by atoms with Gasteiger partial charge in [0.15, 0.2) is 0 Å². The Bertz CT molecular complexity index is 286. The van der Waals surface area contributed by atoms with Crippen LogP contribution in [0.2, 0.25) is 0 Å². The Morgan fingerprint density at radius 2 is 2.23 bits per heavy atom. The van der Waals surface area contributed by atoms with Crippen molar-refractivity contribution in [2.75, 3.05) is 6.26 Å². The molecule has 0 aliphatic carbocycles. The predicted molar refractivity (Wildman–Crippen MR) is 57.2 cm³/mol. The van der Waals surface area contributed by atoms with Crippen LogP contribution in [0.1, 0.15) is 12.5 Å². The van der Waals surface area contributed by atoms with Gasteiger partial charge in [-0.1, -0.05) is 0 Å². The molecule has 0 amide bonds. The molecule has 13 heavy (non-hydrogen) atoms. The Labute approximate surface area is 83.1 Å². The lowest BCUT2D eigenvalue weighted by Gasteiger charge is -2.08. The van der Waals surface area contributed by atoms with Gasteiger partial charge in [-0.25, -0.2) is 0 Å². The second-order valence-electron chi connectivity index (χ2n) is 3.18. The lowest BCUT2D eigenvalue weighted by atomic mass is 10.1. The molecule has 1 rings (SSSR count). The van der Waals surface area contributed by atoms with Gasteiger partial charge in [0.1, 0.15) is 5.75 Å². The summed E-state index contributed by atoms with van der Waals surface area (Å²) in [6.45, 7) is 1.94. The number of hydrogen-bond acceptors (Lipinski definition) is 3. The fraction of sp³-hybridized carbons (Fsp3) is 0.400. The maximum atomic E-state index is 9.51. The van der Waals surface area contributed by atoms with E-state index in [9.17, 15) is 5.11 Å². The van der Waals surface area contributed by atoms with Gasteiger partial charge in [0.25, 0.3) is 0 Å². The van der Waals surface area contributed by atoms with Crippen molar-refractivity contribution in [2.24, 2.45) is 5.73 Å². The van der Waals surface area contributed by atoms with E-state index < -0.39 is 0 Å². The fourth-order valence-corrected chi connectivity index (χ4v) is 1.66. The highest BCUT2D eigenvalue weighted by Gasteiger charge is 2.04. The van der Waals surface area contributed by atoms with E-state index in [4.69, 9.17) is 5.73 Å². The van der Waals surface area contributed by atoms with Crippen LogP contribution in [-0.4, -0.2) is 17.4 Å². The van der Waals surface area contributed by atoms with Crippen LogP contribution in [0.3, 0.4) is 0 Å². The second kappa shape index (κ2) is 4.53. The summed E-state index contributed by atoms with van der Waals surface area (Å²) in [5.41, 5.74) is 6.60. The lowest BCUT2D eigenvalue weighted by molar-refractivity contribution is 0.465. The molecule has 0 spiro atoms. The van der Waals surface area contributed by atoms with Crippen molar-refractivity contribution < 1.29 is 5.11 Å². The van der Waals surface area contributed by atoms with Crippen LogP contribution in [0.25, 0.3) is 0 Å². The van der Waals surface area contributed by atoms with Gasteiger partial charge in [0.05, 0.1) is 0 Å². The minimum absolute atomic E-state index is 0.0861. The maximum Gasteiger partial charge on any atom is 0.118 e. The van der Waals surface area contributed by atoms with Crippen molar-refractivity contribution in [3.63, 3.8) is 0 Å². The normalized spacial score (nSPS) is 12.8. The highest BCUT2D eigenvalue weighted by Crippen LogP contribution is 2.24. The molecule has 0 radical (unpaired) electrons. The molecule has 1 unspecified atom stereocenters. The predicted octanol–water partition coefficient (Wildman–Crippen LogP) is 2.00. The van der Waals surface area contributed by atoms with Gasteiger partial charge in [-0.3, -0.25) is 0 Å². The molecule has 72 valence electrons. The van der Waals surface area contributed by atoms with E-state index in [-0.39, 0.29) is 6.04 Å². The summed E-state index contributed by atoms with van der Waals surface area (Å²) >= 11 is 1.67. The van der Waals surface area contributed by atoms with Crippen molar-refractivity contribution in [1.82, 2.24) is 0 Å². The Balaban J connectivity index is 2.90. The molecule has 0 bridgehead atoms. The number of aromatic hydroxyl groups is 1.